The Hall–Kier alpha value is -0.150. The van der Waals surface area contributed by atoms with Gasteiger partial charge in [-0.15, -0.1) is 0 Å². The third kappa shape index (κ3) is 4.94. The molecule has 5 nitrogen and oxygen atoms in total. The Kier molecular flexibility index (Phi) is 7.13. The molecule has 0 saturated carbocycles. The number of nitrogens with two attached hydrogens (primary N) is 1. The minimum atomic E-state index is -1.02. The summed E-state index contributed by atoms with van der Waals surface area (Å²) < 4.78 is 21.5. The van der Waals surface area contributed by atoms with Gasteiger partial charge in [0.25, 0.3) is 0 Å². The Morgan fingerprint density at radius 3 is 2.62 bits per heavy atom. The fourth-order valence-corrected chi connectivity index (χ4v) is 5.19. The number of hydrogen-bond donors (Lipinski definition) is 3. The van der Waals surface area contributed by atoms with Gasteiger partial charge in [-0.2, -0.15) is 0 Å². The number of carbonyl (C=O) groups is 1. The summed E-state index contributed by atoms with van der Waals surface area (Å²) in [5.41, 5.74) is 5.60. The van der Waals surface area contributed by atoms with Gasteiger partial charge in [-0.3, -0.25) is 4.79 Å². The lowest BCUT2D eigenvalue weighted by Crippen LogP contribution is -2.32. The van der Waals surface area contributed by atoms with Crippen LogP contribution < -0.4 is 10.5 Å². The number of rotatable bonds is 5. The number of aliphatic carboxylic acids is 1. The van der Waals surface area contributed by atoms with E-state index in [4.69, 9.17) is 15.6 Å². The molecular weight excluding hydrogens is 658 g/mol. The molecule has 0 aromatic heterocycles. The van der Waals surface area contributed by atoms with Crippen LogP contribution in [0, 0.1) is 15.3 Å². The molecule has 1 aromatic carbocycles. The van der Waals surface area contributed by atoms with E-state index in [9.17, 15) is 14.3 Å². The van der Waals surface area contributed by atoms with Crippen molar-refractivity contribution in [1.29, 1.82) is 0 Å². The predicted octanol–water partition coefficient (Wildman–Crippen LogP) is 4.30. The molecule has 0 radical (unpaired) electrons. The number of phenols is 1. The maximum absolute atomic E-state index is 13.6. The Labute approximate surface area is 178 Å². The number of ether oxygens (including phenoxy) is 1. The summed E-state index contributed by atoms with van der Waals surface area (Å²) in [6.07, 6.45) is 2.87. The van der Waals surface area contributed by atoms with Gasteiger partial charge in [0.15, 0.2) is 11.6 Å². The summed E-state index contributed by atoms with van der Waals surface area (Å²) in [4.78, 5) is 10.9. The van der Waals surface area contributed by atoms with Gasteiger partial charge in [-0.05, 0) is 92.6 Å². The molecule has 9 heteroatoms. The van der Waals surface area contributed by atoms with Crippen LogP contribution in [-0.4, -0.2) is 22.2 Å². The van der Waals surface area contributed by atoms with Crippen LogP contribution in [0.3, 0.4) is 0 Å². The number of hydrogen-bond acceptors (Lipinski definition) is 4. The predicted molar refractivity (Wildman–Crippen MR) is 113 cm³/mol. The van der Waals surface area contributed by atoms with Gasteiger partial charge in [0, 0.05) is 9.65 Å². The number of halogens is 4. The summed E-state index contributed by atoms with van der Waals surface area (Å²) in [5, 5.41) is 18.4. The van der Waals surface area contributed by atoms with Crippen LogP contribution in [0.25, 0.3) is 0 Å². The molecule has 0 spiro atoms. The van der Waals surface area contributed by atoms with Crippen LogP contribution in [0.2, 0.25) is 0 Å². The van der Waals surface area contributed by atoms with Crippen LogP contribution in [0.1, 0.15) is 12.8 Å². The number of benzene rings is 1. The van der Waals surface area contributed by atoms with Crippen LogP contribution in [0.15, 0.2) is 31.1 Å². The third-order valence-electron chi connectivity index (χ3n) is 3.37. The molecule has 24 heavy (non-hydrogen) atoms. The molecule has 1 aromatic rings. The average Bonchev–Trinajstić information content (AvgIpc) is 2.48. The highest BCUT2D eigenvalue weighted by Crippen LogP contribution is 2.39. The molecule has 0 fully saturated rings. The zero-order valence-electron chi connectivity index (χ0n) is 12.1. The first-order valence-corrected chi connectivity index (χ1v) is 10.0. The lowest BCUT2D eigenvalue weighted by Gasteiger charge is -2.23. The number of carboxylic acid groups (broad SMARTS) is 1. The van der Waals surface area contributed by atoms with Crippen LogP contribution in [0.5, 0.6) is 11.5 Å². The Balaban J connectivity index is 2.18. The summed E-state index contributed by atoms with van der Waals surface area (Å²) in [6.45, 7) is 0. The van der Waals surface area contributed by atoms with Crippen molar-refractivity contribution in [3.63, 3.8) is 0 Å². The van der Waals surface area contributed by atoms with E-state index in [0.29, 0.717) is 27.9 Å². The Bertz CT molecular complexity index is 712. The van der Waals surface area contributed by atoms with Gasteiger partial charge >= 0.3 is 5.97 Å². The van der Waals surface area contributed by atoms with Crippen molar-refractivity contribution in [2.24, 2.45) is 11.7 Å². The lowest BCUT2D eigenvalue weighted by molar-refractivity contribution is -0.138. The first-order valence-electron chi connectivity index (χ1n) is 6.79. The van der Waals surface area contributed by atoms with Crippen molar-refractivity contribution in [1.82, 2.24) is 0 Å². The van der Waals surface area contributed by atoms with Crippen molar-refractivity contribution >= 4 is 73.7 Å². The highest BCUT2D eigenvalue weighted by atomic mass is 127. The molecular formula is C15H13FI3NO4. The summed E-state index contributed by atoms with van der Waals surface area (Å²) in [6, 6.07) is 1.77. The molecule has 4 N–H and O–H groups in total. The minimum absolute atomic E-state index is 0.0129. The zero-order chi connectivity index (χ0) is 18.0. The van der Waals surface area contributed by atoms with E-state index >= 15 is 0 Å². The van der Waals surface area contributed by atoms with Crippen molar-refractivity contribution in [2.75, 3.05) is 0 Å². The SMILES string of the molecule is N[C@@H](CC1C=C(I)C(Oc2cc(F)c(O)c(I)c2)=C(I)C1)C(=O)O. The molecule has 2 atom stereocenters. The van der Waals surface area contributed by atoms with Gasteiger partial charge < -0.3 is 20.7 Å². The summed E-state index contributed by atoms with van der Waals surface area (Å²) in [7, 11) is 0. The topological polar surface area (TPSA) is 92.8 Å². The van der Waals surface area contributed by atoms with Gasteiger partial charge in [0.05, 0.1) is 7.15 Å². The second kappa shape index (κ2) is 8.49. The van der Waals surface area contributed by atoms with Crippen LogP contribution in [0.4, 0.5) is 4.39 Å². The fraction of sp³-hybridized carbons (Fsp3) is 0.267. The van der Waals surface area contributed by atoms with E-state index in [1.165, 1.54) is 0 Å². The second-order valence-electron chi connectivity index (χ2n) is 5.23. The zero-order valence-corrected chi connectivity index (χ0v) is 18.6. The van der Waals surface area contributed by atoms with Crippen molar-refractivity contribution in [2.45, 2.75) is 18.9 Å². The standard InChI is InChI=1S/C15H13FI3NO4/c16-8-4-7(5-9(17)13(8)21)24-14-10(18)1-6(2-11(14)19)3-12(20)15(22)23/h1,4-6,12,21H,2-3,20H2,(H,22,23)/t6?,12-/m0/s1. The molecule has 0 amide bonds. The van der Waals surface area contributed by atoms with E-state index in [-0.39, 0.29) is 5.92 Å². The number of aromatic hydroxyl groups is 1. The lowest BCUT2D eigenvalue weighted by atomic mass is 9.93. The van der Waals surface area contributed by atoms with Crippen LogP contribution in [-0.2, 0) is 4.79 Å². The summed E-state index contributed by atoms with van der Waals surface area (Å²) in [5.74, 6) is -1.25. The molecule has 0 saturated heterocycles. The van der Waals surface area contributed by atoms with Crippen LogP contribution >= 0.6 is 67.8 Å². The monoisotopic (exact) mass is 671 g/mol. The van der Waals surface area contributed by atoms with Crippen molar-refractivity contribution in [3.05, 3.63) is 40.5 Å². The molecule has 1 unspecified atom stereocenters. The first-order chi connectivity index (χ1) is 11.2. The normalized spacial score (nSPS) is 19.0. The Morgan fingerprint density at radius 2 is 2.08 bits per heavy atom. The van der Waals surface area contributed by atoms with Gasteiger partial charge in [0.2, 0.25) is 0 Å². The van der Waals surface area contributed by atoms with E-state index in [0.717, 1.165) is 13.2 Å². The van der Waals surface area contributed by atoms with Gasteiger partial charge in [0.1, 0.15) is 17.6 Å². The van der Waals surface area contributed by atoms with E-state index in [2.05, 4.69) is 45.2 Å². The highest BCUT2D eigenvalue weighted by molar-refractivity contribution is 14.1. The molecule has 2 rings (SSSR count). The molecule has 130 valence electrons. The fourth-order valence-electron chi connectivity index (χ4n) is 2.20. The molecule has 0 aliphatic heterocycles. The number of allylic oxidation sites excluding steroid dienone is 3. The van der Waals surface area contributed by atoms with Gasteiger partial charge in [-0.25, -0.2) is 4.39 Å². The highest BCUT2D eigenvalue weighted by Gasteiger charge is 2.25. The van der Waals surface area contributed by atoms with E-state index in [1.54, 1.807) is 6.07 Å². The maximum atomic E-state index is 13.6. The van der Waals surface area contributed by atoms with Crippen molar-refractivity contribution in [3.8, 4) is 11.5 Å². The molecule has 0 heterocycles. The van der Waals surface area contributed by atoms with E-state index in [1.807, 2.05) is 28.7 Å². The first kappa shape index (κ1) is 20.2. The summed E-state index contributed by atoms with van der Waals surface area (Å²) >= 11 is 6.07. The van der Waals surface area contributed by atoms with Crippen molar-refractivity contribution < 1.29 is 24.1 Å². The maximum Gasteiger partial charge on any atom is 0.320 e. The van der Waals surface area contributed by atoms with E-state index < -0.39 is 23.6 Å². The molecule has 1 aliphatic rings. The number of phenolic OH excluding ortho intramolecular Hbond substituents is 1. The molecule has 1 aliphatic carbocycles. The third-order valence-corrected chi connectivity index (χ3v) is 5.97. The Morgan fingerprint density at radius 1 is 1.42 bits per heavy atom. The second-order valence-corrected chi connectivity index (χ2v) is 8.86. The smallest absolute Gasteiger partial charge is 0.320 e. The minimum Gasteiger partial charge on any atom is -0.504 e. The molecule has 0 bridgehead atoms. The number of carboxylic acids is 1. The quantitative estimate of drug-likeness (QED) is 0.407. The largest absolute Gasteiger partial charge is 0.504 e. The average molecular weight is 671 g/mol. The van der Waals surface area contributed by atoms with Gasteiger partial charge in [-0.1, -0.05) is 6.08 Å².